The number of hydrogen-bond acceptors (Lipinski definition) is 4. The Labute approximate surface area is 198 Å². The van der Waals surface area contributed by atoms with E-state index in [4.69, 9.17) is 0 Å². The van der Waals surface area contributed by atoms with Crippen LogP contribution >= 0.6 is 0 Å². The molecule has 2 aromatic rings. The molecule has 0 saturated carbocycles. The molecule has 178 valence electrons. The molecular formula is C26H29FN4O3. The topological polar surface area (TPSA) is 81.8 Å². The summed E-state index contributed by atoms with van der Waals surface area (Å²) in [7, 11) is 0. The maximum atomic E-state index is 13.0. The lowest BCUT2D eigenvalue weighted by molar-refractivity contribution is -0.127. The quantitative estimate of drug-likeness (QED) is 0.505. The van der Waals surface area contributed by atoms with Crippen LogP contribution in [-0.4, -0.2) is 41.4 Å². The maximum absolute atomic E-state index is 13.0. The van der Waals surface area contributed by atoms with Gasteiger partial charge in [-0.2, -0.15) is 0 Å². The minimum atomic E-state index is -0.657. The van der Waals surface area contributed by atoms with Crippen molar-refractivity contribution in [3.05, 3.63) is 65.1 Å². The summed E-state index contributed by atoms with van der Waals surface area (Å²) in [6, 6.07) is 10.6. The van der Waals surface area contributed by atoms with Gasteiger partial charge in [-0.1, -0.05) is 13.0 Å². The summed E-state index contributed by atoms with van der Waals surface area (Å²) in [5.41, 5.74) is 3.77. The second-order valence-corrected chi connectivity index (χ2v) is 9.41. The van der Waals surface area contributed by atoms with Gasteiger partial charge in [0.15, 0.2) is 0 Å². The van der Waals surface area contributed by atoms with Crippen molar-refractivity contribution in [2.24, 2.45) is 0 Å². The molecule has 2 N–H and O–H groups in total. The van der Waals surface area contributed by atoms with Crippen LogP contribution in [0.15, 0.2) is 48.2 Å². The zero-order valence-corrected chi connectivity index (χ0v) is 19.8. The fourth-order valence-corrected chi connectivity index (χ4v) is 4.96. The van der Waals surface area contributed by atoms with Crippen molar-refractivity contribution >= 4 is 35.3 Å². The third-order valence-electron chi connectivity index (χ3n) is 6.43. The summed E-state index contributed by atoms with van der Waals surface area (Å²) in [6.45, 7) is 9.30. The van der Waals surface area contributed by atoms with Crippen molar-refractivity contribution in [2.75, 3.05) is 23.3 Å². The number of nitrogens with zero attached hydrogens (tertiary/aromatic N) is 2. The number of halogens is 1. The van der Waals surface area contributed by atoms with Crippen LogP contribution in [0.25, 0.3) is 6.08 Å². The predicted octanol–water partition coefficient (Wildman–Crippen LogP) is 4.47. The Bertz CT molecular complexity index is 1170. The molecule has 8 heteroatoms. The average molecular weight is 465 g/mol. The van der Waals surface area contributed by atoms with Crippen LogP contribution in [0, 0.1) is 5.82 Å². The van der Waals surface area contributed by atoms with Gasteiger partial charge in [-0.15, -0.1) is 0 Å². The Morgan fingerprint density at radius 1 is 1.21 bits per heavy atom. The highest BCUT2D eigenvalue weighted by molar-refractivity contribution is 6.16. The minimum Gasteiger partial charge on any atom is -0.366 e. The van der Waals surface area contributed by atoms with Crippen LogP contribution in [0.5, 0.6) is 0 Å². The van der Waals surface area contributed by atoms with Crippen LogP contribution in [0.2, 0.25) is 0 Å². The molecule has 4 amide bonds. The van der Waals surface area contributed by atoms with Crippen molar-refractivity contribution in [3.63, 3.8) is 0 Å². The fraction of sp³-hybridized carbons (Fsp3) is 0.346. The molecule has 0 bridgehead atoms. The second-order valence-electron chi connectivity index (χ2n) is 9.41. The molecule has 0 aliphatic carbocycles. The SMILES string of the molecule is CCN1c2ccc(/C=C3/NC(=O)N(CC(=O)Nc4ccc(F)cc4)C3=O)cc2C(C)CC1(C)C. The van der Waals surface area contributed by atoms with Crippen LogP contribution in [0.4, 0.5) is 20.6 Å². The summed E-state index contributed by atoms with van der Waals surface area (Å²) in [4.78, 5) is 40.8. The van der Waals surface area contributed by atoms with Crippen LogP contribution in [-0.2, 0) is 9.59 Å². The molecule has 2 heterocycles. The fourth-order valence-electron chi connectivity index (χ4n) is 4.96. The van der Waals surface area contributed by atoms with Gasteiger partial charge in [-0.25, -0.2) is 14.1 Å². The molecular weight excluding hydrogens is 435 g/mol. The summed E-state index contributed by atoms with van der Waals surface area (Å²) < 4.78 is 13.0. The van der Waals surface area contributed by atoms with Crippen molar-refractivity contribution in [1.29, 1.82) is 0 Å². The van der Waals surface area contributed by atoms with Crippen molar-refractivity contribution in [2.45, 2.75) is 45.6 Å². The molecule has 0 spiro atoms. The van der Waals surface area contributed by atoms with E-state index in [1.807, 2.05) is 6.07 Å². The Kier molecular flexibility index (Phi) is 6.17. The lowest BCUT2D eigenvalue weighted by Crippen LogP contribution is -2.48. The minimum absolute atomic E-state index is 0.0610. The third-order valence-corrected chi connectivity index (χ3v) is 6.43. The van der Waals surface area contributed by atoms with Gasteiger partial charge in [-0.05, 0) is 86.7 Å². The summed E-state index contributed by atoms with van der Waals surface area (Å²) in [5.74, 6) is -1.20. The molecule has 1 saturated heterocycles. The molecule has 7 nitrogen and oxygen atoms in total. The number of carbonyl (C=O) groups is 3. The zero-order valence-electron chi connectivity index (χ0n) is 19.8. The van der Waals surface area contributed by atoms with Crippen LogP contribution in [0.1, 0.15) is 51.2 Å². The number of urea groups is 1. The number of hydrogen-bond donors (Lipinski definition) is 2. The molecule has 1 fully saturated rings. The van der Waals surface area contributed by atoms with E-state index in [9.17, 15) is 18.8 Å². The Hall–Kier alpha value is -3.68. The highest BCUT2D eigenvalue weighted by Gasteiger charge is 2.37. The van der Waals surface area contributed by atoms with E-state index in [1.165, 1.54) is 35.5 Å². The number of anilines is 2. The molecule has 4 rings (SSSR count). The molecule has 34 heavy (non-hydrogen) atoms. The second kappa shape index (κ2) is 8.93. The number of carbonyl (C=O) groups excluding carboxylic acids is 3. The standard InChI is InChI=1S/C26H29FN4O3/c1-5-31-22-11-6-17(12-20(22)16(2)14-26(31,3)4)13-21-24(33)30(25(34)29-21)15-23(32)28-19-9-7-18(27)8-10-19/h6-13,16H,5,14-15H2,1-4H3,(H,28,32)(H,29,34)/b21-13+. The van der Waals surface area contributed by atoms with Gasteiger partial charge in [0.25, 0.3) is 5.91 Å². The van der Waals surface area contributed by atoms with Crippen molar-refractivity contribution in [3.8, 4) is 0 Å². The van der Waals surface area contributed by atoms with Gasteiger partial charge < -0.3 is 15.5 Å². The summed E-state index contributed by atoms with van der Waals surface area (Å²) in [5, 5.41) is 5.12. The molecule has 0 radical (unpaired) electrons. The maximum Gasteiger partial charge on any atom is 0.329 e. The smallest absolute Gasteiger partial charge is 0.329 e. The molecule has 2 aliphatic heterocycles. The summed E-state index contributed by atoms with van der Waals surface area (Å²) >= 11 is 0. The lowest BCUT2D eigenvalue weighted by Gasteiger charge is -2.47. The van der Waals surface area contributed by atoms with Gasteiger partial charge >= 0.3 is 6.03 Å². The van der Waals surface area contributed by atoms with E-state index in [0.717, 1.165) is 23.4 Å². The van der Waals surface area contributed by atoms with E-state index in [1.54, 1.807) is 6.08 Å². The van der Waals surface area contributed by atoms with Gasteiger partial charge in [0.05, 0.1) is 0 Å². The first-order chi connectivity index (χ1) is 16.1. The number of fused-ring (bicyclic) bond motifs is 1. The number of imide groups is 1. The van der Waals surface area contributed by atoms with E-state index in [2.05, 4.69) is 55.4 Å². The summed E-state index contributed by atoms with van der Waals surface area (Å²) in [6.07, 6.45) is 2.65. The average Bonchev–Trinajstić information content (AvgIpc) is 3.02. The molecule has 1 atom stereocenters. The van der Waals surface area contributed by atoms with Crippen LogP contribution in [0.3, 0.4) is 0 Å². The first kappa shape index (κ1) is 23.5. The van der Waals surface area contributed by atoms with Crippen molar-refractivity contribution < 1.29 is 18.8 Å². The first-order valence-electron chi connectivity index (χ1n) is 11.4. The lowest BCUT2D eigenvalue weighted by atomic mass is 9.79. The van der Waals surface area contributed by atoms with E-state index < -0.39 is 30.2 Å². The third kappa shape index (κ3) is 4.53. The molecule has 0 aromatic heterocycles. The van der Waals surface area contributed by atoms with Gasteiger partial charge in [0.1, 0.15) is 18.1 Å². The Balaban J connectivity index is 1.50. The molecule has 2 aliphatic rings. The van der Waals surface area contributed by atoms with E-state index in [-0.39, 0.29) is 11.2 Å². The Morgan fingerprint density at radius 3 is 2.59 bits per heavy atom. The largest absolute Gasteiger partial charge is 0.366 e. The predicted molar refractivity (Wildman–Crippen MR) is 130 cm³/mol. The normalized spacial score (nSPS) is 20.4. The number of benzene rings is 2. The van der Waals surface area contributed by atoms with E-state index >= 15 is 0 Å². The monoisotopic (exact) mass is 464 g/mol. The molecule has 1 unspecified atom stereocenters. The number of rotatable bonds is 5. The molecule has 2 aromatic carbocycles. The van der Waals surface area contributed by atoms with E-state index in [0.29, 0.717) is 11.6 Å². The van der Waals surface area contributed by atoms with Gasteiger partial charge in [-0.3, -0.25) is 9.59 Å². The van der Waals surface area contributed by atoms with Crippen molar-refractivity contribution in [1.82, 2.24) is 10.2 Å². The zero-order chi connectivity index (χ0) is 24.6. The van der Waals surface area contributed by atoms with Crippen LogP contribution < -0.4 is 15.5 Å². The first-order valence-corrected chi connectivity index (χ1v) is 11.4. The number of nitrogens with one attached hydrogen (secondary N) is 2. The highest BCUT2D eigenvalue weighted by atomic mass is 19.1. The number of amides is 4. The highest BCUT2D eigenvalue weighted by Crippen LogP contribution is 2.43. The van der Waals surface area contributed by atoms with Gasteiger partial charge in [0, 0.05) is 23.5 Å². The van der Waals surface area contributed by atoms with Gasteiger partial charge in [0.2, 0.25) is 5.91 Å². The Morgan fingerprint density at radius 2 is 1.91 bits per heavy atom.